The highest BCUT2D eigenvalue weighted by molar-refractivity contribution is 6.22. The second-order valence-corrected chi connectivity index (χ2v) is 7.28. The standard InChI is InChI=1S/C18H18N2O3/c21-15-11-3-1-2-4-12(11)16(22)20(15)10-5-6-13-14(9-10)19-17(23)18(13)7-8-18/h5-6,9,11-12H,1-4,7-8H2,(H,19,23). The first-order chi connectivity index (χ1) is 11.1. The van der Waals surface area contributed by atoms with E-state index in [0.717, 1.165) is 49.8 Å². The minimum atomic E-state index is -0.332. The predicted molar refractivity (Wildman–Crippen MR) is 83.9 cm³/mol. The minimum Gasteiger partial charge on any atom is -0.325 e. The van der Waals surface area contributed by atoms with Crippen molar-refractivity contribution in [3.63, 3.8) is 0 Å². The molecule has 0 bridgehead atoms. The summed E-state index contributed by atoms with van der Waals surface area (Å²) in [6.45, 7) is 0. The number of carbonyl (C=O) groups excluding carboxylic acids is 3. The highest BCUT2D eigenvalue weighted by Crippen LogP contribution is 2.55. The summed E-state index contributed by atoms with van der Waals surface area (Å²) in [5.74, 6) is -0.365. The lowest BCUT2D eigenvalue weighted by atomic mass is 9.81. The molecule has 2 atom stereocenters. The molecule has 5 rings (SSSR count). The highest BCUT2D eigenvalue weighted by atomic mass is 16.2. The van der Waals surface area contributed by atoms with Gasteiger partial charge in [-0.05, 0) is 43.4 Å². The molecule has 5 heteroatoms. The van der Waals surface area contributed by atoms with E-state index >= 15 is 0 Å². The van der Waals surface area contributed by atoms with Crippen LogP contribution in [0.1, 0.15) is 44.1 Å². The summed E-state index contributed by atoms with van der Waals surface area (Å²) in [6, 6.07) is 5.54. The van der Waals surface area contributed by atoms with Crippen molar-refractivity contribution in [1.82, 2.24) is 0 Å². The molecule has 23 heavy (non-hydrogen) atoms. The smallest absolute Gasteiger partial charge is 0.237 e. The van der Waals surface area contributed by atoms with Crippen LogP contribution in [0, 0.1) is 11.8 Å². The fraction of sp³-hybridized carbons (Fsp3) is 0.500. The maximum absolute atomic E-state index is 12.7. The van der Waals surface area contributed by atoms with Crippen molar-refractivity contribution >= 4 is 29.1 Å². The quantitative estimate of drug-likeness (QED) is 0.810. The van der Waals surface area contributed by atoms with Gasteiger partial charge in [-0.15, -0.1) is 0 Å². The molecule has 118 valence electrons. The first kappa shape index (κ1) is 13.3. The third-order valence-electron chi connectivity index (χ3n) is 6.05. The van der Waals surface area contributed by atoms with Crippen molar-refractivity contribution < 1.29 is 14.4 Å². The van der Waals surface area contributed by atoms with Gasteiger partial charge in [0.25, 0.3) is 0 Å². The Hall–Kier alpha value is -2.17. The van der Waals surface area contributed by atoms with Gasteiger partial charge in [0.15, 0.2) is 0 Å². The normalized spacial score (nSPS) is 30.4. The second kappa shape index (κ2) is 4.22. The molecule has 1 aromatic carbocycles. The van der Waals surface area contributed by atoms with Crippen molar-refractivity contribution in [3.05, 3.63) is 23.8 Å². The van der Waals surface area contributed by atoms with Crippen LogP contribution in [0.2, 0.25) is 0 Å². The summed E-state index contributed by atoms with van der Waals surface area (Å²) >= 11 is 0. The average molecular weight is 310 g/mol. The fourth-order valence-corrected chi connectivity index (χ4v) is 4.59. The molecule has 2 saturated carbocycles. The van der Waals surface area contributed by atoms with Crippen LogP contribution < -0.4 is 10.2 Å². The van der Waals surface area contributed by atoms with E-state index in [0.29, 0.717) is 5.69 Å². The van der Waals surface area contributed by atoms with Crippen molar-refractivity contribution in [2.45, 2.75) is 43.9 Å². The SMILES string of the molecule is O=C1C2CCCCC2C(=O)N1c1ccc2c(c1)NC(=O)C21CC1. The number of hydrogen-bond acceptors (Lipinski definition) is 3. The Kier molecular flexibility index (Phi) is 2.44. The monoisotopic (exact) mass is 310 g/mol. The number of fused-ring (bicyclic) bond motifs is 3. The fourth-order valence-electron chi connectivity index (χ4n) is 4.59. The number of carbonyl (C=O) groups is 3. The first-order valence-electron chi connectivity index (χ1n) is 8.46. The van der Waals surface area contributed by atoms with Crippen LogP contribution in [0.15, 0.2) is 18.2 Å². The molecule has 1 saturated heterocycles. The van der Waals surface area contributed by atoms with Gasteiger partial charge in [0, 0.05) is 5.69 Å². The van der Waals surface area contributed by atoms with E-state index in [2.05, 4.69) is 5.32 Å². The van der Waals surface area contributed by atoms with E-state index in [1.165, 1.54) is 4.90 Å². The summed E-state index contributed by atoms with van der Waals surface area (Å²) in [4.78, 5) is 38.8. The topological polar surface area (TPSA) is 66.5 Å². The molecule has 0 aromatic heterocycles. The predicted octanol–water partition coefficient (Wildman–Crippen LogP) is 2.35. The molecule has 2 unspecified atom stereocenters. The highest BCUT2D eigenvalue weighted by Gasteiger charge is 2.56. The molecule has 0 radical (unpaired) electrons. The zero-order chi connectivity index (χ0) is 15.8. The molecule has 3 fully saturated rings. The largest absolute Gasteiger partial charge is 0.325 e. The van der Waals surface area contributed by atoms with Crippen LogP contribution in [0.5, 0.6) is 0 Å². The Morgan fingerprint density at radius 2 is 1.65 bits per heavy atom. The molecule has 4 aliphatic rings. The van der Waals surface area contributed by atoms with E-state index in [4.69, 9.17) is 0 Å². The van der Waals surface area contributed by atoms with Gasteiger partial charge in [-0.25, -0.2) is 4.90 Å². The van der Waals surface area contributed by atoms with Crippen molar-refractivity contribution in [1.29, 1.82) is 0 Å². The van der Waals surface area contributed by atoms with Gasteiger partial charge in [-0.3, -0.25) is 14.4 Å². The van der Waals surface area contributed by atoms with Crippen LogP contribution in [-0.2, 0) is 19.8 Å². The van der Waals surface area contributed by atoms with Gasteiger partial charge in [0.1, 0.15) is 0 Å². The number of hydrogen-bond donors (Lipinski definition) is 1. The Morgan fingerprint density at radius 3 is 2.26 bits per heavy atom. The lowest BCUT2D eigenvalue weighted by Crippen LogP contribution is -2.30. The zero-order valence-corrected chi connectivity index (χ0v) is 12.8. The Bertz CT molecular complexity index is 742. The van der Waals surface area contributed by atoms with E-state index < -0.39 is 0 Å². The summed E-state index contributed by atoms with van der Waals surface area (Å²) in [5.41, 5.74) is 2.05. The number of anilines is 2. The number of nitrogens with zero attached hydrogens (tertiary/aromatic N) is 1. The van der Waals surface area contributed by atoms with Gasteiger partial charge in [0.05, 0.1) is 22.9 Å². The molecular weight excluding hydrogens is 292 g/mol. The molecule has 5 nitrogen and oxygen atoms in total. The number of rotatable bonds is 1. The number of amides is 3. The van der Waals surface area contributed by atoms with Crippen molar-refractivity contribution in [2.75, 3.05) is 10.2 Å². The van der Waals surface area contributed by atoms with E-state index in [-0.39, 0.29) is 35.0 Å². The second-order valence-electron chi connectivity index (χ2n) is 7.28. The van der Waals surface area contributed by atoms with Crippen molar-refractivity contribution in [3.8, 4) is 0 Å². The Morgan fingerprint density at radius 1 is 1.00 bits per heavy atom. The van der Waals surface area contributed by atoms with E-state index in [1.807, 2.05) is 12.1 Å². The molecular formula is C18H18N2O3. The Balaban J connectivity index is 1.54. The van der Waals surface area contributed by atoms with Crippen LogP contribution in [0.25, 0.3) is 0 Å². The average Bonchev–Trinajstić information content (AvgIpc) is 3.26. The van der Waals surface area contributed by atoms with Crippen LogP contribution in [-0.4, -0.2) is 17.7 Å². The molecule has 2 heterocycles. The third kappa shape index (κ3) is 1.60. The lowest BCUT2D eigenvalue weighted by molar-refractivity contribution is -0.122. The lowest BCUT2D eigenvalue weighted by Gasteiger charge is -2.19. The van der Waals surface area contributed by atoms with Crippen molar-refractivity contribution in [2.24, 2.45) is 11.8 Å². The number of imide groups is 1. The maximum atomic E-state index is 12.7. The zero-order valence-electron chi connectivity index (χ0n) is 12.8. The minimum absolute atomic E-state index is 0.0531. The summed E-state index contributed by atoms with van der Waals surface area (Å²) in [7, 11) is 0. The van der Waals surface area contributed by atoms with Gasteiger partial charge in [-0.2, -0.15) is 0 Å². The first-order valence-corrected chi connectivity index (χ1v) is 8.46. The van der Waals surface area contributed by atoms with Crippen LogP contribution in [0.3, 0.4) is 0 Å². The molecule has 1 spiro atoms. The number of nitrogens with one attached hydrogen (secondary N) is 1. The van der Waals surface area contributed by atoms with Gasteiger partial charge >= 0.3 is 0 Å². The molecule has 2 aliphatic heterocycles. The number of benzene rings is 1. The van der Waals surface area contributed by atoms with Gasteiger partial charge < -0.3 is 5.32 Å². The molecule has 3 amide bonds. The van der Waals surface area contributed by atoms with Crippen LogP contribution >= 0.6 is 0 Å². The van der Waals surface area contributed by atoms with Gasteiger partial charge in [0.2, 0.25) is 17.7 Å². The van der Waals surface area contributed by atoms with E-state index in [9.17, 15) is 14.4 Å². The maximum Gasteiger partial charge on any atom is 0.237 e. The molecule has 2 aliphatic carbocycles. The molecule has 1 N–H and O–H groups in total. The summed E-state index contributed by atoms with van der Waals surface area (Å²) in [6.07, 6.45) is 5.45. The van der Waals surface area contributed by atoms with E-state index in [1.54, 1.807) is 6.07 Å². The third-order valence-corrected chi connectivity index (χ3v) is 6.05. The Labute approximate surface area is 134 Å². The van der Waals surface area contributed by atoms with Crippen LogP contribution in [0.4, 0.5) is 11.4 Å². The summed E-state index contributed by atoms with van der Waals surface area (Å²) < 4.78 is 0. The summed E-state index contributed by atoms with van der Waals surface area (Å²) in [5, 5.41) is 2.92. The van der Waals surface area contributed by atoms with Gasteiger partial charge in [-0.1, -0.05) is 18.9 Å². The molecule has 1 aromatic rings.